The van der Waals surface area contributed by atoms with Gasteiger partial charge in [0.2, 0.25) is 0 Å². The Labute approximate surface area is 118 Å². The molecule has 1 aromatic rings. The van der Waals surface area contributed by atoms with E-state index in [0.29, 0.717) is 5.69 Å². The molecule has 1 aromatic carbocycles. The maximum absolute atomic E-state index is 11.8. The van der Waals surface area contributed by atoms with Crippen LogP contribution in [0.5, 0.6) is 0 Å². The van der Waals surface area contributed by atoms with Crippen molar-refractivity contribution in [2.24, 2.45) is 0 Å². The zero-order valence-corrected chi connectivity index (χ0v) is 11.8. The second-order valence-electron chi connectivity index (χ2n) is 4.68. The molecule has 0 aliphatic heterocycles. The Morgan fingerprint density at radius 3 is 2.65 bits per heavy atom. The van der Waals surface area contributed by atoms with Crippen LogP contribution in [-0.2, 0) is 9.53 Å². The number of hydrogen-bond acceptors (Lipinski definition) is 5. The zero-order chi connectivity index (χ0) is 15.1. The molecule has 110 valence electrons. The minimum atomic E-state index is -0.638. The van der Waals surface area contributed by atoms with E-state index in [4.69, 9.17) is 16.2 Å². The van der Waals surface area contributed by atoms with Crippen LogP contribution in [0.3, 0.4) is 0 Å². The largest absolute Gasteiger partial charge is 0.452 e. The smallest absolute Gasteiger partial charge is 0.340 e. The summed E-state index contributed by atoms with van der Waals surface area (Å²) in [6.45, 7) is 3.62. The first kappa shape index (κ1) is 15.8. The van der Waals surface area contributed by atoms with Crippen molar-refractivity contribution in [1.29, 1.82) is 0 Å². The topological polar surface area (TPSA) is 107 Å². The number of benzene rings is 1. The second-order valence-corrected chi connectivity index (χ2v) is 4.68. The predicted molar refractivity (Wildman–Crippen MR) is 78.1 cm³/mol. The number of esters is 1. The first-order chi connectivity index (χ1) is 9.43. The van der Waals surface area contributed by atoms with Crippen LogP contribution in [0, 0.1) is 0 Å². The lowest BCUT2D eigenvalue weighted by molar-refractivity contribution is -0.124. The van der Waals surface area contributed by atoms with E-state index in [1.54, 1.807) is 6.07 Å². The van der Waals surface area contributed by atoms with Gasteiger partial charge < -0.3 is 21.5 Å². The van der Waals surface area contributed by atoms with Gasteiger partial charge in [-0.05, 0) is 31.5 Å². The average molecular weight is 279 g/mol. The van der Waals surface area contributed by atoms with Crippen LogP contribution in [0.1, 0.15) is 37.0 Å². The van der Waals surface area contributed by atoms with Gasteiger partial charge in [-0.3, -0.25) is 4.79 Å². The number of rotatable bonds is 6. The molecule has 0 spiro atoms. The van der Waals surface area contributed by atoms with E-state index in [1.165, 1.54) is 12.1 Å². The van der Waals surface area contributed by atoms with Gasteiger partial charge in [0.1, 0.15) is 0 Å². The van der Waals surface area contributed by atoms with Crippen molar-refractivity contribution in [2.45, 2.75) is 32.7 Å². The van der Waals surface area contributed by atoms with Gasteiger partial charge in [-0.25, -0.2) is 4.79 Å². The number of amides is 1. The zero-order valence-electron chi connectivity index (χ0n) is 11.8. The highest BCUT2D eigenvalue weighted by atomic mass is 16.5. The monoisotopic (exact) mass is 279 g/mol. The van der Waals surface area contributed by atoms with Crippen LogP contribution >= 0.6 is 0 Å². The molecule has 0 bridgehead atoms. The fraction of sp³-hybridized carbons (Fsp3) is 0.429. The molecule has 1 atom stereocenters. The van der Waals surface area contributed by atoms with Gasteiger partial charge in [0, 0.05) is 17.4 Å². The molecule has 0 aliphatic carbocycles. The van der Waals surface area contributed by atoms with Crippen LogP contribution in [0.2, 0.25) is 0 Å². The van der Waals surface area contributed by atoms with Crippen LogP contribution in [0.25, 0.3) is 0 Å². The van der Waals surface area contributed by atoms with E-state index in [1.807, 2.05) is 13.8 Å². The minimum Gasteiger partial charge on any atom is -0.452 e. The van der Waals surface area contributed by atoms with Crippen LogP contribution in [0.4, 0.5) is 11.4 Å². The standard InChI is InChI=1S/C14H21N3O3/c1-3-4-9(2)17-13(18)8-20-14(19)11-6-5-10(15)7-12(11)16/h5-7,9H,3-4,8,15-16H2,1-2H3,(H,17,18). The lowest BCUT2D eigenvalue weighted by atomic mass is 10.1. The summed E-state index contributed by atoms with van der Waals surface area (Å²) in [6, 6.07) is 4.56. The third-order valence-corrected chi connectivity index (χ3v) is 2.76. The minimum absolute atomic E-state index is 0.0628. The van der Waals surface area contributed by atoms with Crippen LogP contribution < -0.4 is 16.8 Å². The summed E-state index contributed by atoms with van der Waals surface area (Å²) >= 11 is 0. The molecule has 0 saturated heterocycles. The van der Waals surface area contributed by atoms with Crippen LogP contribution in [0.15, 0.2) is 18.2 Å². The number of carbonyl (C=O) groups is 2. The molecule has 6 nitrogen and oxygen atoms in total. The molecular formula is C14H21N3O3. The molecule has 0 aliphatic rings. The fourth-order valence-corrected chi connectivity index (χ4v) is 1.80. The number of nitrogens with one attached hydrogen (secondary N) is 1. The van der Waals surface area contributed by atoms with Crippen molar-refractivity contribution in [3.8, 4) is 0 Å². The summed E-state index contributed by atoms with van der Waals surface area (Å²) in [6.07, 6.45) is 1.85. The van der Waals surface area contributed by atoms with Crippen LogP contribution in [-0.4, -0.2) is 24.5 Å². The number of ether oxygens (including phenoxy) is 1. The highest BCUT2D eigenvalue weighted by molar-refractivity contribution is 5.96. The Morgan fingerprint density at radius 2 is 2.05 bits per heavy atom. The van der Waals surface area contributed by atoms with E-state index in [-0.39, 0.29) is 29.8 Å². The SMILES string of the molecule is CCCC(C)NC(=O)COC(=O)c1ccc(N)cc1N. The molecule has 5 N–H and O–H groups in total. The molecule has 0 aromatic heterocycles. The summed E-state index contributed by atoms with van der Waals surface area (Å²) in [5.74, 6) is -0.964. The maximum atomic E-state index is 11.8. The van der Waals surface area contributed by atoms with Gasteiger partial charge in [0.05, 0.1) is 5.56 Å². The number of hydrogen-bond donors (Lipinski definition) is 3. The van der Waals surface area contributed by atoms with E-state index in [2.05, 4.69) is 5.32 Å². The Balaban J connectivity index is 2.49. The Morgan fingerprint density at radius 1 is 1.35 bits per heavy atom. The quantitative estimate of drug-likeness (QED) is 0.537. The number of nitrogens with two attached hydrogens (primary N) is 2. The molecule has 0 saturated carbocycles. The van der Waals surface area contributed by atoms with Gasteiger partial charge in [-0.2, -0.15) is 0 Å². The van der Waals surface area contributed by atoms with Crippen molar-refractivity contribution in [3.63, 3.8) is 0 Å². The van der Waals surface area contributed by atoms with Crippen molar-refractivity contribution >= 4 is 23.3 Å². The van der Waals surface area contributed by atoms with Gasteiger partial charge >= 0.3 is 5.97 Å². The highest BCUT2D eigenvalue weighted by Crippen LogP contribution is 2.16. The summed E-state index contributed by atoms with van der Waals surface area (Å²) in [4.78, 5) is 23.3. The summed E-state index contributed by atoms with van der Waals surface area (Å²) < 4.78 is 4.92. The normalized spacial score (nSPS) is 11.7. The van der Waals surface area contributed by atoms with Gasteiger partial charge in [-0.1, -0.05) is 13.3 Å². The Bertz CT molecular complexity index is 489. The van der Waals surface area contributed by atoms with Crippen molar-refractivity contribution < 1.29 is 14.3 Å². The lowest BCUT2D eigenvalue weighted by Crippen LogP contribution is -2.35. The van der Waals surface area contributed by atoms with Crippen molar-refractivity contribution in [2.75, 3.05) is 18.1 Å². The second kappa shape index (κ2) is 7.37. The van der Waals surface area contributed by atoms with Gasteiger partial charge in [0.25, 0.3) is 5.91 Å². The van der Waals surface area contributed by atoms with Crippen molar-refractivity contribution in [1.82, 2.24) is 5.32 Å². The number of carbonyl (C=O) groups excluding carboxylic acids is 2. The van der Waals surface area contributed by atoms with Crippen molar-refractivity contribution in [3.05, 3.63) is 23.8 Å². The molecule has 1 unspecified atom stereocenters. The molecule has 0 fully saturated rings. The highest BCUT2D eigenvalue weighted by Gasteiger charge is 2.14. The predicted octanol–water partition coefficient (Wildman–Crippen LogP) is 1.31. The third-order valence-electron chi connectivity index (χ3n) is 2.76. The molecular weight excluding hydrogens is 258 g/mol. The Hall–Kier alpha value is -2.24. The number of anilines is 2. The van der Waals surface area contributed by atoms with E-state index < -0.39 is 5.97 Å². The average Bonchev–Trinajstić information content (AvgIpc) is 2.36. The lowest BCUT2D eigenvalue weighted by Gasteiger charge is -2.13. The summed E-state index contributed by atoms with van der Waals surface area (Å²) in [5.41, 5.74) is 12.1. The fourth-order valence-electron chi connectivity index (χ4n) is 1.80. The first-order valence-corrected chi connectivity index (χ1v) is 6.55. The van der Waals surface area contributed by atoms with E-state index in [0.717, 1.165) is 12.8 Å². The van der Waals surface area contributed by atoms with E-state index >= 15 is 0 Å². The molecule has 1 amide bonds. The Kier molecular flexibility index (Phi) is 5.83. The summed E-state index contributed by atoms with van der Waals surface area (Å²) in [5, 5.41) is 2.74. The summed E-state index contributed by atoms with van der Waals surface area (Å²) in [7, 11) is 0. The molecule has 6 heteroatoms. The van der Waals surface area contributed by atoms with Gasteiger partial charge in [0.15, 0.2) is 6.61 Å². The third kappa shape index (κ3) is 4.79. The molecule has 0 heterocycles. The maximum Gasteiger partial charge on any atom is 0.340 e. The molecule has 20 heavy (non-hydrogen) atoms. The van der Waals surface area contributed by atoms with Gasteiger partial charge in [-0.15, -0.1) is 0 Å². The first-order valence-electron chi connectivity index (χ1n) is 6.55. The molecule has 1 rings (SSSR count). The molecule has 0 radical (unpaired) electrons. The van der Waals surface area contributed by atoms with E-state index in [9.17, 15) is 9.59 Å². The number of nitrogen functional groups attached to an aromatic ring is 2.